The Kier molecular flexibility index (Phi) is 8.58. The highest BCUT2D eigenvalue weighted by Gasteiger charge is 2.48. The number of carbonyl (C=O) groups is 2. The van der Waals surface area contributed by atoms with Crippen LogP contribution in [0, 0.1) is 0 Å². The number of fused-ring (bicyclic) bond motifs is 1. The zero-order valence-corrected chi connectivity index (χ0v) is 22.3. The lowest BCUT2D eigenvalue weighted by Gasteiger charge is -2.44. The number of aromatic nitrogens is 2. The largest absolute Gasteiger partial charge is 0.351 e. The van der Waals surface area contributed by atoms with Crippen LogP contribution < -0.4 is 5.32 Å². The van der Waals surface area contributed by atoms with Crippen LogP contribution in [0.2, 0.25) is 0 Å². The number of benzene rings is 1. The molecule has 1 N–H and O–H groups in total. The topological polar surface area (TPSA) is 67.2 Å². The number of nitrogens with one attached hydrogen (secondary N) is 1. The predicted molar refractivity (Wildman–Crippen MR) is 144 cm³/mol. The Bertz CT molecular complexity index is 1010. The number of rotatable bonds is 10. The zero-order valence-electron chi connectivity index (χ0n) is 21.5. The van der Waals surface area contributed by atoms with Crippen LogP contribution in [0.25, 0.3) is 11.3 Å². The first-order chi connectivity index (χ1) is 17.0. The van der Waals surface area contributed by atoms with E-state index in [0.717, 1.165) is 67.7 Å². The van der Waals surface area contributed by atoms with E-state index in [2.05, 4.69) is 43.4 Å². The zero-order chi connectivity index (χ0) is 24.8. The van der Waals surface area contributed by atoms with Gasteiger partial charge in [0.25, 0.3) is 5.91 Å². The van der Waals surface area contributed by atoms with Gasteiger partial charge in [-0.25, -0.2) is 0 Å². The van der Waals surface area contributed by atoms with Gasteiger partial charge in [-0.3, -0.25) is 14.3 Å². The Hall–Kier alpha value is -2.28. The Morgan fingerprint density at radius 1 is 1.14 bits per heavy atom. The minimum Gasteiger partial charge on any atom is -0.351 e. The van der Waals surface area contributed by atoms with Crippen LogP contribution in [-0.4, -0.2) is 56.1 Å². The molecule has 2 aliphatic rings. The summed E-state index contributed by atoms with van der Waals surface area (Å²) in [5.41, 5.74) is 2.67. The van der Waals surface area contributed by atoms with Crippen molar-refractivity contribution in [2.75, 3.05) is 18.1 Å². The van der Waals surface area contributed by atoms with E-state index in [1.165, 1.54) is 12.0 Å². The molecule has 35 heavy (non-hydrogen) atoms. The molecule has 0 unspecified atom stereocenters. The first-order valence-corrected chi connectivity index (χ1v) is 14.5. The van der Waals surface area contributed by atoms with Crippen molar-refractivity contribution in [3.63, 3.8) is 0 Å². The minimum absolute atomic E-state index is 0.0473. The fourth-order valence-corrected chi connectivity index (χ4v) is 6.03. The molecule has 0 radical (unpaired) electrons. The quantitative estimate of drug-likeness (QED) is 0.453. The molecule has 1 saturated carbocycles. The smallest absolute Gasteiger partial charge is 0.273 e. The highest BCUT2D eigenvalue weighted by Crippen LogP contribution is 2.31. The van der Waals surface area contributed by atoms with E-state index in [1.54, 1.807) is 4.68 Å². The van der Waals surface area contributed by atoms with E-state index >= 15 is 0 Å². The second-order valence-electron chi connectivity index (χ2n) is 10.1. The minimum atomic E-state index is -0.952. The molecule has 2 heterocycles. The number of amides is 2. The van der Waals surface area contributed by atoms with Crippen molar-refractivity contribution in [1.29, 1.82) is 0 Å². The van der Waals surface area contributed by atoms with Gasteiger partial charge in [0.15, 0.2) is 0 Å². The van der Waals surface area contributed by atoms with E-state index in [0.29, 0.717) is 18.8 Å². The van der Waals surface area contributed by atoms with E-state index in [4.69, 9.17) is 5.10 Å². The summed E-state index contributed by atoms with van der Waals surface area (Å²) in [5.74, 6) is 1.97. The normalized spacial score (nSPS) is 20.7. The van der Waals surface area contributed by atoms with Gasteiger partial charge in [0.05, 0.1) is 12.2 Å². The molecule has 6 nitrogen and oxygen atoms in total. The number of carbonyl (C=O) groups excluding carboxylic acids is 2. The molecule has 1 aliphatic heterocycles. The maximum atomic E-state index is 13.8. The van der Waals surface area contributed by atoms with Crippen LogP contribution in [0.1, 0.15) is 81.8 Å². The molecule has 0 bridgehead atoms. The molecule has 2 aromatic rings. The van der Waals surface area contributed by atoms with Gasteiger partial charge in [-0.15, -0.1) is 0 Å². The number of thioether (sulfide) groups is 1. The average Bonchev–Trinajstić information content (AvgIpc) is 3.30. The van der Waals surface area contributed by atoms with Crippen LogP contribution >= 0.6 is 11.8 Å². The average molecular weight is 497 g/mol. The summed E-state index contributed by atoms with van der Waals surface area (Å²) in [7, 11) is 0. The molecule has 1 aromatic carbocycles. The van der Waals surface area contributed by atoms with Crippen LogP contribution in [0.3, 0.4) is 0 Å². The summed E-state index contributed by atoms with van der Waals surface area (Å²) in [6.45, 7) is 7.19. The lowest BCUT2D eigenvalue weighted by Crippen LogP contribution is -2.65. The molecular weight excluding hydrogens is 456 g/mol. The number of hydrogen-bond acceptors (Lipinski definition) is 4. The number of aryl methyl sites for hydroxylation is 1. The van der Waals surface area contributed by atoms with Gasteiger partial charge < -0.3 is 10.2 Å². The maximum Gasteiger partial charge on any atom is 0.273 e. The first kappa shape index (κ1) is 25.8. The second-order valence-corrected chi connectivity index (χ2v) is 11.4. The summed E-state index contributed by atoms with van der Waals surface area (Å²) in [5, 5.41) is 8.09. The molecule has 0 spiro atoms. The van der Waals surface area contributed by atoms with Gasteiger partial charge in [-0.05, 0) is 62.2 Å². The molecule has 1 aromatic heterocycles. The summed E-state index contributed by atoms with van der Waals surface area (Å²) in [4.78, 5) is 29.3. The Morgan fingerprint density at radius 3 is 2.57 bits per heavy atom. The van der Waals surface area contributed by atoms with Crippen LogP contribution in [0.4, 0.5) is 0 Å². The van der Waals surface area contributed by atoms with Gasteiger partial charge in [0.2, 0.25) is 5.91 Å². The van der Waals surface area contributed by atoms with Crippen molar-refractivity contribution in [2.24, 2.45) is 0 Å². The molecule has 7 heteroatoms. The fraction of sp³-hybridized carbons (Fsp3) is 0.607. The van der Waals surface area contributed by atoms with Crippen molar-refractivity contribution in [1.82, 2.24) is 20.0 Å². The highest BCUT2D eigenvalue weighted by atomic mass is 32.2. The Labute approximate surface area is 214 Å². The second kappa shape index (κ2) is 11.6. The molecule has 0 saturated heterocycles. The molecule has 1 fully saturated rings. The number of hydrogen-bond donors (Lipinski definition) is 1. The molecule has 1 aliphatic carbocycles. The molecular formula is C28H40N4O2S. The summed E-state index contributed by atoms with van der Waals surface area (Å²) < 4.78 is 1.76. The predicted octanol–water partition coefficient (Wildman–Crippen LogP) is 5.31. The van der Waals surface area contributed by atoms with E-state index in [-0.39, 0.29) is 17.9 Å². The summed E-state index contributed by atoms with van der Waals surface area (Å²) >= 11 is 1.91. The van der Waals surface area contributed by atoms with Crippen molar-refractivity contribution >= 4 is 23.6 Å². The highest BCUT2D eigenvalue weighted by molar-refractivity contribution is 7.99. The third-order valence-electron chi connectivity index (χ3n) is 7.40. The Morgan fingerprint density at radius 2 is 1.89 bits per heavy atom. The van der Waals surface area contributed by atoms with Crippen molar-refractivity contribution < 1.29 is 9.59 Å². The molecule has 190 valence electrons. The first-order valence-electron chi connectivity index (χ1n) is 13.3. The Balaban J connectivity index is 1.59. The molecule has 2 amide bonds. The number of nitrogens with zero attached hydrogens (tertiary/aromatic N) is 3. The molecule has 4 rings (SSSR count). The SMILES string of the molecule is CCCSCCCN1C(=O)c2cc(-c3ccc(CC)cc3)nn2C[C@]1(C)C(=O)NC1CCCCC1. The van der Waals surface area contributed by atoms with Gasteiger partial charge in [-0.1, -0.05) is 57.4 Å². The van der Waals surface area contributed by atoms with Gasteiger partial charge >= 0.3 is 0 Å². The van der Waals surface area contributed by atoms with Crippen LogP contribution in [0.15, 0.2) is 30.3 Å². The van der Waals surface area contributed by atoms with Crippen LogP contribution in [-0.2, 0) is 17.8 Å². The fourth-order valence-electron chi connectivity index (χ4n) is 5.20. The standard InChI is InChI=1S/C28H40N4O2S/c1-4-17-35-18-9-16-31-26(33)25-19-24(22-14-12-21(5-2)13-15-22)30-32(25)20-28(31,3)27(34)29-23-10-7-6-8-11-23/h12-15,19,23H,4-11,16-18,20H2,1-3H3,(H,29,34)/t28-/m1/s1. The van der Waals surface area contributed by atoms with Crippen molar-refractivity contribution in [2.45, 2.75) is 90.3 Å². The van der Waals surface area contributed by atoms with Crippen molar-refractivity contribution in [3.8, 4) is 11.3 Å². The third-order valence-corrected chi connectivity index (χ3v) is 8.68. The van der Waals surface area contributed by atoms with Gasteiger partial charge in [0, 0.05) is 18.2 Å². The van der Waals surface area contributed by atoms with Crippen molar-refractivity contribution in [3.05, 3.63) is 41.6 Å². The monoisotopic (exact) mass is 496 g/mol. The van der Waals surface area contributed by atoms with Crippen LogP contribution in [0.5, 0.6) is 0 Å². The van der Waals surface area contributed by atoms with E-state index in [1.807, 2.05) is 29.7 Å². The summed E-state index contributed by atoms with van der Waals surface area (Å²) in [6.07, 6.45) is 8.60. The van der Waals surface area contributed by atoms with Gasteiger partial charge in [0.1, 0.15) is 11.2 Å². The van der Waals surface area contributed by atoms with E-state index < -0.39 is 5.54 Å². The van der Waals surface area contributed by atoms with Gasteiger partial charge in [-0.2, -0.15) is 16.9 Å². The molecule has 1 atom stereocenters. The lowest BCUT2D eigenvalue weighted by atomic mass is 9.91. The lowest BCUT2D eigenvalue weighted by molar-refractivity contribution is -0.134. The third kappa shape index (κ3) is 5.76. The summed E-state index contributed by atoms with van der Waals surface area (Å²) in [6, 6.07) is 10.4. The van der Waals surface area contributed by atoms with E-state index in [9.17, 15) is 9.59 Å². The maximum absolute atomic E-state index is 13.8.